The third-order valence-corrected chi connectivity index (χ3v) is 5.82. The fourth-order valence-corrected chi connectivity index (χ4v) is 4.23. The van der Waals surface area contributed by atoms with Crippen LogP contribution in [-0.2, 0) is 14.8 Å². The average Bonchev–Trinajstić information content (AvgIpc) is 2.90. The molecular formula is C17H18N4O3S2. The molecule has 0 radical (unpaired) electrons. The lowest BCUT2D eigenvalue weighted by Gasteiger charge is -2.13. The number of aromatic nitrogens is 1. The first-order valence-corrected chi connectivity index (χ1v) is 10.8. The number of carbonyl (C=O) groups is 1. The number of hydrogen-bond acceptors (Lipinski definition) is 6. The van der Waals surface area contributed by atoms with E-state index in [1.807, 2.05) is 6.26 Å². The minimum atomic E-state index is -3.63. The number of sulfonamides is 1. The Balaban J connectivity index is 1.89. The van der Waals surface area contributed by atoms with Crippen LogP contribution in [0, 0.1) is 0 Å². The second-order valence-electron chi connectivity index (χ2n) is 5.61. The Morgan fingerprint density at radius 3 is 2.85 bits per heavy atom. The van der Waals surface area contributed by atoms with Gasteiger partial charge in [-0.2, -0.15) is 11.8 Å². The number of benzene rings is 1. The molecule has 1 aromatic carbocycles. The van der Waals surface area contributed by atoms with Gasteiger partial charge < -0.3 is 5.32 Å². The Morgan fingerprint density at radius 1 is 1.31 bits per heavy atom. The largest absolute Gasteiger partial charge is 0.323 e. The Morgan fingerprint density at radius 2 is 2.12 bits per heavy atom. The van der Waals surface area contributed by atoms with Crippen LogP contribution >= 0.6 is 11.8 Å². The summed E-state index contributed by atoms with van der Waals surface area (Å²) in [5.41, 5.74) is 1.05. The van der Waals surface area contributed by atoms with E-state index in [4.69, 9.17) is 0 Å². The van der Waals surface area contributed by atoms with Gasteiger partial charge in [-0.15, -0.1) is 0 Å². The van der Waals surface area contributed by atoms with Crippen molar-refractivity contribution in [2.75, 3.05) is 17.3 Å². The fourth-order valence-electron chi connectivity index (χ4n) is 2.53. The maximum atomic E-state index is 12.6. The van der Waals surface area contributed by atoms with Crippen molar-refractivity contribution >= 4 is 39.2 Å². The summed E-state index contributed by atoms with van der Waals surface area (Å²) >= 11 is 1.60. The van der Waals surface area contributed by atoms with Gasteiger partial charge in [0, 0.05) is 11.8 Å². The van der Waals surface area contributed by atoms with Gasteiger partial charge in [-0.05, 0) is 42.7 Å². The Hall–Kier alpha value is -2.39. The molecule has 7 nitrogen and oxygen atoms in total. The number of amidine groups is 1. The predicted molar refractivity (Wildman–Crippen MR) is 103 cm³/mol. The molecule has 1 amide bonds. The average molecular weight is 390 g/mol. The summed E-state index contributed by atoms with van der Waals surface area (Å²) in [6, 6.07) is 9.33. The molecule has 136 valence electrons. The molecule has 0 spiro atoms. The summed E-state index contributed by atoms with van der Waals surface area (Å²) in [7, 11) is -3.63. The summed E-state index contributed by atoms with van der Waals surface area (Å²) in [5, 5.41) is 2.77. The second kappa shape index (κ2) is 7.88. The van der Waals surface area contributed by atoms with E-state index < -0.39 is 16.1 Å². The van der Waals surface area contributed by atoms with Crippen LogP contribution < -0.4 is 10.0 Å². The van der Waals surface area contributed by atoms with E-state index in [9.17, 15) is 13.2 Å². The van der Waals surface area contributed by atoms with Crippen LogP contribution in [0.5, 0.6) is 0 Å². The third kappa shape index (κ3) is 4.05. The summed E-state index contributed by atoms with van der Waals surface area (Å²) in [5.74, 6) is 0.618. The Bertz CT molecular complexity index is 930. The molecule has 3 rings (SSSR count). The zero-order valence-corrected chi connectivity index (χ0v) is 15.7. The molecule has 0 unspecified atom stereocenters. The fraction of sp³-hybridized carbons (Fsp3) is 0.235. The number of nitrogens with zero attached hydrogens (tertiary/aromatic N) is 2. The first-order chi connectivity index (χ1) is 12.5. The number of pyridine rings is 1. The molecule has 0 bridgehead atoms. The number of nitrogens with one attached hydrogen (secondary N) is 2. The van der Waals surface area contributed by atoms with Gasteiger partial charge in [-0.25, -0.2) is 8.42 Å². The van der Waals surface area contributed by atoms with Crippen molar-refractivity contribution in [3.8, 4) is 0 Å². The quantitative estimate of drug-likeness (QED) is 0.784. The van der Waals surface area contributed by atoms with Gasteiger partial charge in [-0.3, -0.25) is 19.5 Å². The number of fused-ring (bicyclic) bond motifs is 1. The topological polar surface area (TPSA) is 101 Å². The van der Waals surface area contributed by atoms with E-state index >= 15 is 0 Å². The van der Waals surface area contributed by atoms with Gasteiger partial charge in [0.15, 0.2) is 0 Å². The second-order valence-corrected chi connectivity index (χ2v) is 8.24. The lowest BCUT2D eigenvalue weighted by atomic mass is 10.1. The monoisotopic (exact) mass is 390 g/mol. The zero-order valence-electron chi connectivity index (χ0n) is 14.0. The minimum absolute atomic E-state index is 0.176. The lowest BCUT2D eigenvalue weighted by molar-refractivity contribution is -0.117. The van der Waals surface area contributed by atoms with Crippen molar-refractivity contribution in [1.29, 1.82) is 0 Å². The van der Waals surface area contributed by atoms with E-state index in [0.717, 1.165) is 5.75 Å². The summed E-state index contributed by atoms with van der Waals surface area (Å²) in [4.78, 5) is 21.2. The van der Waals surface area contributed by atoms with Gasteiger partial charge in [0.25, 0.3) is 10.0 Å². The Labute approximate surface area is 156 Å². The molecule has 26 heavy (non-hydrogen) atoms. The number of thioether (sulfide) groups is 1. The normalized spacial score (nSPS) is 17.3. The highest BCUT2D eigenvalue weighted by atomic mass is 32.2. The van der Waals surface area contributed by atoms with Crippen LogP contribution in [0.4, 0.5) is 5.69 Å². The van der Waals surface area contributed by atoms with Crippen molar-refractivity contribution in [1.82, 2.24) is 9.71 Å². The smallest absolute Gasteiger partial charge is 0.263 e. The number of rotatable bonds is 6. The number of carbonyl (C=O) groups excluding carboxylic acids is 1. The lowest BCUT2D eigenvalue weighted by Crippen LogP contribution is -2.31. The van der Waals surface area contributed by atoms with Crippen molar-refractivity contribution in [2.45, 2.75) is 17.4 Å². The highest BCUT2D eigenvalue weighted by Crippen LogP contribution is 2.23. The van der Waals surface area contributed by atoms with E-state index in [-0.39, 0.29) is 16.6 Å². The van der Waals surface area contributed by atoms with Crippen molar-refractivity contribution in [3.63, 3.8) is 0 Å². The molecule has 1 aromatic heterocycles. The first-order valence-electron chi connectivity index (χ1n) is 7.91. The number of anilines is 1. The van der Waals surface area contributed by atoms with Gasteiger partial charge >= 0.3 is 0 Å². The van der Waals surface area contributed by atoms with Gasteiger partial charge in [-0.1, -0.05) is 12.1 Å². The molecule has 2 aromatic rings. The van der Waals surface area contributed by atoms with E-state index in [1.54, 1.807) is 54.5 Å². The van der Waals surface area contributed by atoms with Crippen LogP contribution in [0.2, 0.25) is 0 Å². The van der Waals surface area contributed by atoms with Gasteiger partial charge in [0.05, 0.1) is 16.8 Å². The maximum Gasteiger partial charge on any atom is 0.263 e. The van der Waals surface area contributed by atoms with E-state index in [1.165, 1.54) is 6.07 Å². The van der Waals surface area contributed by atoms with E-state index in [2.05, 4.69) is 20.0 Å². The highest BCUT2D eigenvalue weighted by Gasteiger charge is 2.31. The first kappa shape index (κ1) is 18.4. The van der Waals surface area contributed by atoms with Crippen LogP contribution in [-0.4, -0.2) is 43.2 Å². The minimum Gasteiger partial charge on any atom is -0.323 e. The number of amides is 1. The zero-order chi connectivity index (χ0) is 18.6. The molecule has 0 saturated heterocycles. The molecule has 1 aliphatic rings. The summed E-state index contributed by atoms with van der Waals surface area (Å²) in [6.07, 6.45) is 5.59. The molecule has 1 aliphatic heterocycles. The summed E-state index contributed by atoms with van der Waals surface area (Å²) in [6.45, 7) is 0. The predicted octanol–water partition coefficient (Wildman–Crippen LogP) is 1.88. The van der Waals surface area contributed by atoms with Gasteiger partial charge in [0.2, 0.25) is 5.91 Å². The molecule has 0 aliphatic carbocycles. The van der Waals surface area contributed by atoms with Crippen molar-refractivity contribution < 1.29 is 13.2 Å². The number of aliphatic imine (C=N–C) groups is 1. The molecule has 1 atom stereocenters. The third-order valence-electron chi connectivity index (χ3n) is 3.77. The maximum absolute atomic E-state index is 12.6. The highest BCUT2D eigenvalue weighted by molar-refractivity contribution is 7.98. The summed E-state index contributed by atoms with van der Waals surface area (Å²) < 4.78 is 26.9. The molecular weight excluding hydrogens is 372 g/mol. The van der Waals surface area contributed by atoms with Crippen LogP contribution in [0.1, 0.15) is 12.0 Å². The molecule has 9 heteroatoms. The van der Waals surface area contributed by atoms with Crippen LogP contribution in [0.25, 0.3) is 0 Å². The molecule has 0 saturated carbocycles. The van der Waals surface area contributed by atoms with Gasteiger partial charge in [0.1, 0.15) is 11.9 Å². The number of hydrogen-bond donors (Lipinski definition) is 2. The Kier molecular flexibility index (Phi) is 5.58. The van der Waals surface area contributed by atoms with Crippen molar-refractivity contribution in [3.05, 3.63) is 54.4 Å². The standard InChI is InChI=1S/C17H18N4O3S2/c1-25-10-8-14(17(22)19-12-5-4-9-18-11-12)20-16-13-6-2-3-7-15(13)26(23,24)21-16/h2-7,9,11,14H,8,10H2,1H3,(H,19,22)(H,20,21)/t14-/m1/s1. The van der Waals surface area contributed by atoms with Crippen LogP contribution in [0.3, 0.4) is 0 Å². The molecule has 0 fully saturated rings. The SMILES string of the molecule is CSCC[C@@H](N=C1NS(=O)(=O)c2ccccc21)C(=O)Nc1cccnc1. The van der Waals surface area contributed by atoms with Crippen LogP contribution in [0.15, 0.2) is 58.7 Å². The molecule has 2 N–H and O–H groups in total. The van der Waals surface area contributed by atoms with E-state index in [0.29, 0.717) is 17.7 Å². The van der Waals surface area contributed by atoms with Crippen molar-refractivity contribution in [2.24, 2.45) is 4.99 Å². The molecule has 2 heterocycles.